The van der Waals surface area contributed by atoms with Crippen LogP contribution in [0.4, 0.5) is 5.95 Å². The summed E-state index contributed by atoms with van der Waals surface area (Å²) >= 11 is 0. The summed E-state index contributed by atoms with van der Waals surface area (Å²) in [4.78, 5) is 24.7. The van der Waals surface area contributed by atoms with Gasteiger partial charge in [-0.05, 0) is 31.2 Å². The predicted molar refractivity (Wildman–Crippen MR) is 87.0 cm³/mol. The number of pyridine rings is 2. The summed E-state index contributed by atoms with van der Waals surface area (Å²) in [5.74, 6) is 1.58. The van der Waals surface area contributed by atoms with E-state index in [9.17, 15) is 4.79 Å². The number of nitrogens with zero attached hydrogens (tertiary/aromatic N) is 6. The second kappa shape index (κ2) is 5.58. The molecule has 118 valence electrons. The molecule has 4 heterocycles. The van der Waals surface area contributed by atoms with Gasteiger partial charge in [-0.3, -0.25) is 19.7 Å². The molecule has 4 aromatic rings. The molecule has 0 aromatic carbocycles. The van der Waals surface area contributed by atoms with Crippen LogP contribution in [0, 0.1) is 6.92 Å². The van der Waals surface area contributed by atoms with Crippen LogP contribution in [-0.2, 0) is 0 Å². The maximum Gasteiger partial charge on any atom is 0.258 e. The molecule has 24 heavy (non-hydrogen) atoms. The third-order valence-corrected chi connectivity index (χ3v) is 3.58. The third kappa shape index (κ3) is 2.39. The van der Waals surface area contributed by atoms with Gasteiger partial charge in [0.1, 0.15) is 11.6 Å². The van der Waals surface area contributed by atoms with Crippen LogP contribution >= 0.6 is 0 Å². The molecule has 0 spiro atoms. The van der Waals surface area contributed by atoms with E-state index in [-0.39, 0.29) is 11.9 Å². The number of rotatable bonds is 3. The van der Waals surface area contributed by atoms with Crippen molar-refractivity contribution in [1.82, 2.24) is 29.1 Å². The SMILES string of the molecule is Cc1nccn1-c1cccc2nc(NC(=O)c3ccncc3)nn12. The van der Waals surface area contributed by atoms with Crippen molar-refractivity contribution in [3.8, 4) is 5.82 Å². The van der Waals surface area contributed by atoms with Crippen LogP contribution in [0.15, 0.2) is 55.1 Å². The Balaban J connectivity index is 1.72. The molecule has 0 bridgehead atoms. The highest BCUT2D eigenvalue weighted by Gasteiger charge is 2.12. The standard InChI is InChI=1S/C16H13N7O/c1-11-18-9-10-22(11)14-4-2-3-13-19-16(21-23(13)14)20-15(24)12-5-7-17-8-6-12/h2-10H,1H3,(H,20,21,24). The molecule has 8 nitrogen and oxygen atoms in total. The highest BCUT2D eigenvalue weighted by molar-refractivity contribution is 6.03. The molecule has 1 amide bonds. The monoisotopic (exact) mass is 319 g/mol. The molecule has 0 aliphatic carbocycles. The molecule has 0 saturated heterocycles. The van der Waals surface area contributed by atoms with E-state index in [0.717, 1.165) is 11.6 Å². The normalized spacial score (nSPS) is 10.9. The fourth-order valence-electron chi connectivity index (χ4n) is 2.42. The Morgan fingerprint density at radius 3 is 2.71 bits per heavy atom. The molecule has 1 N–H and O–H groups in total. The molecule has 4 rings (SSSR count). The Bertz CT molecular complexity index is 1020. The van der Waals surface area contributed by atoms with Crippen molar-refractivity contribution in [2.24, 2.45) is 0 Å². The van der Waals surface area contributed by atoms with Crippen LogP contribution in [0.5, 0.6) is 0 Å². The van der Waals surface area contributed by atoms with Crippen molar-refractivity contribution in [2.45, 2.75) is 6.92 Å². The minimum Gasteiger partial charge on any atom is -0.289 e. The van der Waals surface area contributed by atoms with Crippen molar-refractivity contribution in [3.05, 3.63) is 66.5 Å². The number of hydrogen-bond acceptors (Lipinski definition) is 5. The molecule has 0 fully saturated rings. The molecule has 0 unspecified atom stereocenters. The average molecular weight is 319 g/mol. The number of amides is 1. The second-order valence-electron chi connectivity index (χ2n) is 5.12. The summed E-state index contributed by atoms with van der Waals surface area (Å²) in [6.07, 6.45) is 6.69. The van der Waals surface area contributed by atoms with Gasteiger partial charge in [-0.15, -0.1) is 5.10 Å². The largest absolute Gasteiger partial charge is 0.289 e. The van der Waals surface area contributed by atoms with E-state index < -0.39 is 0 Å². The van der Waals surface area contributed by atoms with E-state index in [1.807, 2.05) is 35.9 Å². The number of carbonyl (C=O) groups excluding carboxylic acids is 1. The Kier molecular flexibility index (Phi) is 3.27. The first kappa shape index (κ1) is 14.1. The fraction of sp³-hybridized carbons (Fsp3) is 0.0625. The fourth-order valence-corrected chi connectivity index (χ4v) is 2.42. The zero-order valence-corrected chi connectivity index (χ0v) is 12.8. The van der Waals surface area contributed by atoms with Gasteiger partial charge in [0.25, 0.3) is 5.91 Å². The Labute approximate surface area is 136 Å². The van der Waals surface area contributed by atoms with Gasteiger partial charge in [0, 0.05) is 30.4 Å². The number of anilines is 1. The molecule has 0 atom stereocenters. The first-order chi connectivity index (χ1) is 11.7. The van der Waals surface area contributed by atoms with Gasteiger partial charge >= 0.3 is 0 Å². The summed E-state index contributed by atoms with van der Waals surface area (Å²) in [6.45, 7) is 1.90. The maximum absolute atomic E-state index is 12.2. The van der Waals surface area contributed by atoms with Crippen molar-refractivity contribution in [1.29, 1.82) is 0 Å². The summed E-state index contributed by atoms with van der Waals surface area (Å²) in [5, 5.41) is 7.08. The van der Waals surface area contributed by atoms with Gasteiger partial charge in [-0.1, -0.05) is 6.07 Å². The van der Waals surface area contributed by atoms with Gasteiger partial charge in [0.15, 0.2) is 5.65 Å². The highest BCUT2D eigenvalue weighted by atomic mass is 16.1. The minimum absolute atomic E-state index is 0.238. The number of carbonyl (C=O) groups is 1. The summed E-state index contributed by atoms with van der Waals surface area (Å²) in [5.41, 5.74) is 1.13. The van der Waals surface area contributed by atoms with Crippen LogP contribution in [0.1, 0.15) is 16.2 Å². The first-order valence-electron chi connectivity index (χ1n) is 7.30. The van der Waals surface area contributed by atoms with Gasteiger partial charge in [-0.25, -0.2) is 4.98 Å². The number of imidazole rings is 1. The molecule has 4 aromatic heterocycles. The predicted octanol–water partition coefficient (Wildman–Crippen LogP) is 1.87. The molecular weight excluding hydrogens is 306 g/mol. The Morgan fingerprint density at radius 1 is 1.12 bits per heavy atom. The lowest BCUT2D eigenvalue weighted by molar-refractivity contribution is 0.102. The van der Waals surface area contributed by atoms with Crippen molar-refractivity contribution in [2.75, 3.05) is 5.32 Å². The van der Waals surface area contributed by atoms with E-state index in [2.05, 4.69) is 25.4 Å². The number of aryl methyl sites for hydroxylation is 1. The average Bonchev–Trinajstić information content (AvgIpc) is 3.20. The van der Waals surface area contributed by atoms with Crippen LogP contribution in [0.25, 0.3) is 11.5 Å². The van der Waals surface area contributed by atoms with Gasteiger partial charge in [-0.2, -0.15) is 9.50 Å². The van der Waals surface area contributed by atoms with Gasteiger partial charge < -0.3 is 0 Å². The van der Waals surface area contributed by atoms with Crippen molar-refractivity contribution < 1.29 is 4.79 Å². The topological polar surface area (TPSA) is 90.0 Å². The zero-order valence-electron chi connectivity index (χ0n) is 12.8. The second-order valence-corrected chi connectivity index (χ2v) is 5.12. The summed E-state index contributed by atoms with van der Waals surface area (Å²) < 4.78 is 3.56. The number of hydrogen-bond donors (Lipinski definition) is 1. The summed E-state index contributed by atoms with van der Waals surface area (Å²) in [6, 6.07) is 8.87. The van der Waals surface area contributed by atoms with E-state index in [4.69, 9.17) is 0 Å². The molecule has 0 aliphatic heterocycles. The molecule has 0 aliphatic rings. The van der Waals surface area contributed by atoms with Crippen molar-refractivity contribution in [3.63, 3.8) is 0 Å². The molecular formula is C16H13N7O. The Hall–Kier alpha value is -3.55. The van der Waals surface area contributed by atoms with Gasteiger partial charge in [0.2, 0.25) is 5.95 Å². The number of fused-ring (bicyclic) bond motifs is 1. The molecule has 0 radical (unpaired) electrons. The zero-order chi connectivity index (χ0) is 16.5. The Morgan fingerprint density at radius 2 is 1.96 bits per heavy atom. The summed E-state index contributed by atoms with van der Waals surface area (Å²) in [7, 11) is 0. The van der Waals surface area contributed by atoms with E-state index in [0.29, 0.717) is 11.2 Å². The van der Waals surface area contributed by atoms with Crippen LogP contribution in [-0.4, -0.2) is 35.0 Å². The molecule has 0 saturated carbocycles. The minimum atomic E-state index is -0.284. The van der Waals surface area contributed by atoms with E-state index >= 15 is 0 Å². The van der Waals surface area contributed by atoms with Crippen LogP contribution < -0.4 is 5.32 Å². The van der Waals surface area contributed by atoms with Gasteiger partial charge in [0.05, 0.1) is 0 Å². The molecule has 8 heteroatoms. The van der Waals surface area contributed by atoms with E-state index in [1.165, 1.54) is 0 Å². The van der Waals surface area contributed by atoms with Crippen LogP contribution in [0.2, 0.25) is 0 Å². The highest BCUT2D eigenvalue weighted by Crippen LogP contribution is 2.14. The quantitative estimate of drug-likeness (QED) is 0.622. The van der Waals surface area contributed by atoms with E-state index in [1.54, 1.807) is 35.2 Å². The lowest BCUT2D eigenvalue weighted by atomic mass is 10.2. The first-order valence-corrected chi connectivity index (χ1v) is 7.30. The third-order valence-electron chi connectivity index (χ3n) is 3.58. The lowest BCUT2D eigenvalue weighted by Gasteiger charge is -2.06. The number of nitrogens with one attached hydrogen (secondary N) is 1. The maximum atomic E-state index is 12.2. The van der Waals surface area contributed by atoms with Crippen molar-refractivity contribution >= 4 is 17.5 Å². The van der Waals surface area contributed by atoms with Crippen LogP contribution in [0.3, 0.4) is 0 Å². The smallest absolute Gasteiger partial charge is 0.258 e. The lowest BCUT2D eigenvalue weighted by Crippen LogP contribution is -2.13. The number of aromatic nitrogens is 6.